The Bertz CT molecular complexity index is 927. The third kappa shape index (κ3) is 3.50. The fraction of sp³-hybridized carbons (Fsp3) is 0.176. The van der Waals surface area contributed by atoms with E-state index < -0.39 is 23.6 Å². The van der Waals surface area contributed by atoms with Crippen LogP contribution >= 0.6 is 15.9 Å². The van der Waals surface area contributed by atoms with Crippen molar-refractivity contribution in [2.45, 2.75) is 12.2 Å². The van der Waals surface area contributed by atoms with Gasteiger partial charge in [0.2, 0.25) is 0 Å². The molecule has 3 aromatic rings. The van der Waals surface area contributed by atoms with Crippen LogP contribution in [0.3, 0.4) is 0 Å². The molecule has 0 radical (unpaired) electrons. The molecule has 1 N–H and O–H groups in total. The smallest absolute Gasteiger partial charge is 0.308 e. The van der Waals surface area contributed by atoms with E-state index in [1.165, 1.54) is 6.20 Å². The maximum Gasteiger partial charge on any atom is 0.419 e. The molecule has 0 saturated heterocycles. The molecule has 0 bridgehead atoms. The molecule has 0 aliphatic carbocycles. The summed E-state index contributed by atoms with van der Waals surface area (Å²) in [6, 6.07) is 8.08. The van der Waals surface area contributed by atoms with Gasteiger partial charge in [-0.15, -0.1) is 0 Å². The third-order valence-corrected chi connectivity index (χ3v) is 4.44. The summed E-state index contributed by atoms with van der Waals surface area (Å²) < 4.78 is 53.0. The van der Waals surface area contributed by atoms with E-state index >= 15 is 0 Å². The van der Waals surface area contributed by atoms with Gasteiger partial charge in [-0.25, -0.2) is 9.37 Å². The van der Waals surface area contributed by atoms with Crippen LogP contribution in [0.15, 0.2) is 47.1 Å². The number of halogens is 5. The quantitative estimate of drug-likeness (QED) is 0.623. The van der Waals surface area contributed by atoms with Crippen LogP contribution in [0.4, 0.5) is 17.6 Å². The minimum absolute atomic E-state index is 0.215. The number of benzene rings is 2. The highest BCUT2D eigenvalue weighted by Crippen LogP contribution is 2.37. The van der Waals surface area contributed by atoms with Crippen LogP contribution in [-0.4, -0.2) is 17.0 Å². The van der Waals surface area contributed by atoms with Crippen molar-refractivity contribution in [2.75, 3.05) is 7.05 Å². The first-order chi connectivity index (χ1) is 11.8. The predicted octanol–water partition coefficient (Wildman–Crippen LogP) is 4.86. The summed E-state index contributed by atoms with van der Waals surface area (Å²) in [6.07, 6.45) is -3.29. The topological polar surface area (TPSA) is 37.8 Å². The van der Waals surface area contributed by atoms with Gasteiger partial charge in [0, 0.05) is 4.47 Å². The number of nitrogens with one attached hydrogen (secondary N) is 1. The number of aromatic nitrogens is 2. The maximum absolute atomic E-state index is 13.7. The van der Waals surface area contributed by atoms with Crippen molar-refractivity contribution in [3.05, 3.63) is 69.7 Å². The highest BCUT2D eigenvalue weighted by Gasteiger charge is 2.35. The summed E-state index contributed by atoms with van der Waals surface area (Å²) in [5.74, 6) is -1.33. The summed E-state index contributed by atoms with van der Waals surface area (Å²) in [4.78, 5) is 8.74. The van der Waals surface area contributed by atoms with Crippen molar-refractivity contribution in [3.8, 4) is 0 Å². The molecule has 0 saturated carbocycles. The Morgan fingerprint density at radius 1 is 1.12 bits per heavy atom. The Hall–Kier alpha value is -2.06. The van der Waals surface area contributed by atoms with Gasteiger partial charge in [-0.2, -0.15) is 13.2 Å². The lowest BCUT2D eigenvalue weighted by atomic mass is 10.0. The Morgan fingerprint density at radius 2 is 1.80 bits per heavy atom. The zero-order chi connectivity index (χ0) is 18.2. The number of para-hydroxylation sites is 2. The zero-order valence-electron chi connectivity index (χ0n) is 12.9. The summed E-state index contributed by atoms with van der Waals surface area (Å²) in [5.41, 5.74) is 0.631. The molecule has 3 rings (SSSR count). The molecule has 1 heterocycles. The van der Waals surface area contributed by atoms with E-state index in [1.807, 2.05) is 6.07 Å². The summed E-state index contributed by atoms with van der Waals surface area (Å²) >= 11 is 3.14. The van der Waals surface area contributed by atoms with Crippen molar-refractivity contribution in [1.82, 2.24) is 15.3 Å². The van der Waals surface area contributed by atoms with Crippen molar-refractivity contribution < 1.29 is 17.6 Å². The second-order valence-electron chi connectivity index (χ2n) is 5.36. The third-order valence-electron chi connectivity index (χ3n) is 3.75. The van der Waals surface area contributed by atoms with Crippen LogP contribution < -0.4 is 5.32 Å². The molecular weight excluding hydrogens is 402 g/mol. The van der Waals surface area contributed by atoms with E-state index in [0.29, 0.717) is 16.7 Å². The van der Waals surface area contributed by atoms with Gasteiger partial charge in [0.05, 0.1) is 34.5 Å². The van der Waals surface area contributed by atoms with Gasteiger partial charge in [-0.1, -0.05) is 28.1 Å². The van der Waals surface area contributed by atoms with E-state index in [0.717, 1.165) is 12.1 Å². The van der Waals surface area contributed by atoms with Gasteiger partial charge < -0.3 is 5.32 Å². The standard InChI is InChI=1S/C17H12BrF4N3/c1-23-16(15-8-24-13-4-2-3-5-14(13)25-15)9-6-10(17(20,21)22)12(19)7-11(9)18/h2-8,16,23H,1H3. The van der Waals surface area contributed by atoms with Gasteiger partial charge in [0.25, 0.3) is 0 Å². The summed E-state index contributed by atoms with van der Waals surface area (Å²) in [6.45, 7) is 0. The molecule has 1 unspecified atom stereocenters. The average Bonchev–Trinajstić information content (AvgIpc) is 2.56. The van der Waals surface area contributed by atoms with Crippen molar-refractivity contribution in [1.29, 1.82) is 0 Å². The second-order valence-corrected chi connectivity index (χ2v) is 6.21. The first-order valence-corrected chi connectivity index (χ1v) is 8.05. The maximum atomic E-state index is 13.7. The highest BCUT2D eigenvalue weighted by atomic mass is 79.9. The van der Waals surface area contributed by atoms with Crippen LogP contribution in [0.1, 0.15) is 22.9 Å². The largest absolute Gasteiger partial charge is 0.419 e. The fourth-order valence-electron chi connectivity index (χ4n) is 2.58. The normalized spacial score (nSPS) is 13.2. The highest BCUT2D eigenvalue weighted by molar-refractivity contribution is 9.10. The molecule has 130 valence electrons. The summed E-state index contributed by atoms with van der Waals surface area (Å²) in [5, 5.41) is 2.92. The second kappa shape index (κ2) is 6.68. The number of nitrogens with zero attached hydrogens (tertiary/aromatic N) is 2. The zero-order valence-corrected chi connectivity index (χ0v) is 14.5. The molecular formula is C17H12BrF4N3. The van der Waals surface area contributed by atoms with Crippen LogP contribution in [-0.2, 0) is 6.18 Å². The first kappa shape index (κ1) is 17.8. The van der Waals surface area contributed by atoms with Crippen molar-refractivity contribution in [2.24, 2.45) is 0 Å². The van der Waals surface area contributed by atoms with Crippen molar-refractivity contribution in [3.63, 3.8) is 0 Å². The van der Waals surface area contributed by atoms with E-state index in [2.05, 4.69) is 31.2 Å². The molecule has 25 heavy (non-hydrogen) atoms. The molecule has 0 aliphatic heterocycles. The Balaban J connectivity index is 2.14. The Kier molecular flexibility index (Phi) is 4.75. The van der Waals surface area contributed by atoms with Gasteiger partial charge in [0.15, 0.2) is 0 Å². The lowest BCUT2D eigenvalue weighted by Gasteiger charge is -2.20. The van der Waals surface area contributed by atoms with Crippen LogP contribution in [0.5, 0.6) is 0 Å². The molecule has 0 fully saturated rings. The van der Waals surface area contributed by atoms with E-state index in [1.54, 1.807) is 25.2 Å². The van der Waals surface area contributed by atoms with E-state index in [4.69, 9.17) is 0 Å². The van der Waals surface area contributed by atoms with Crippen LogP contribution in [0.2, 0.25) is 0 Å². The first-order valence-electron chi connectivity index (χ1n) is 7.26. The van der Waals surface area contributed by atoms with Gasteiger partial charge >= 0.3 is 6.18 Å². The van der Waals surface area contributed by atoms with E-state index in [-0.39, 0.29) is 10.0 Å². The lowest BCUT2D eigenvalue weighted by Crippen LogP contribution is -2.21. The number of alkyl halides is 3. The predicted molar refractivity (Wildman–Crippen MR) is 89.5 cm³/mol. The summed E-state index contributed by atoms with van der Waals surface area (Å²) in [7, 11) is 1.59. The molecule has 0 aliphatic rings. The molecule has 0 spiro atoms. The molecule has 2 aromatic carbocycles. The molecule has 0 amide bonds. The minimum atomic E-state index is -4.78. The van der Waals surface area contributed by atoms with Gasteiger partial charge in [-0.3, -0.25) is 4.98 Å². The number of fused-ring (bicyclic) bond motifs is 1. The van der Waals surface area contributed by atoms with E-state index in [9.17, 15) is 17.6 Å². The van der Waals surface area contributed by atoms with Crippen LogP contribution in [0, 0.1) is 5.82 Å². The monoisotopic (exact) mass is 413 g/mol. The Morgan fingerprint density at radius 3 is 2.44 bits per heavy atom. The Labute approximate surface area is 149 Å². The fourth-order valence-corrected chi connectivity index (χ4v) is 3.12. The number of rotatable bonds is 3. The molecule has 1 aromatic heterocycles. The minimum Gasteiger partial charge on any atom is -0.308 e. The van der Waals surface area contributed by atoms with Gasteiger partial charge in [0.1, 0.15) is 5.82 Å². The lowest BCUT2D eigenvalue weighted by molar-refractivity contribution is -0.140. The van der Waals surface area contributed by atoms with Crippen molar-refractivity contribution >= 4 is 27.0 Å². The molecule has 8 heteroatoms. The number of hydrogen-bond acceptors (Lipinski definition) is 3. The van der Waals surface area contributed by atoms with Crippen LogP contribution in [0.25, 0.3) is 11.0 Å². The van der Waals surface area contributed by atoms with Gasteiger partial charge in [-0.05, 0) is 36.9 Å². The molecule has 3 nitrogen and oxygen atoms in total. The average molecular weight is 414 g/mol. The number of hydrogen-bond donors (Lipinski definition) is 1. The SMILES string of the molecule is CNC(c1cnc2ccccc2n1)c1cc(C(F)(F)F)c(F)cc1Br. The molecule has 1 atom stereocenters.